The molecule has 1 aromatic rings. The molecule has 1 aliphatic heterocycles. The zero-order valence-electron chi connectivity index (χ0n) is 14.5. The van der Waals surface area contributed by atoms with E-state index in [1.807, 2.05) is 0 Å². The van der Waals surface area contributed by atoms with E-state index in [1.165, 1.54) is 6.07 Å². The van der Waals surface area contributed by atoms with E-state index in [9.17, 15) is 9.18 Å². The first-order valence-electron chi connectivity index (χ1n) is 8.70. The van der Waals surface area contributed by atoms with E-state index in [1.54, 1.807) is 12.1 Å². The average Bonchev–Trinajstić information content (AvgIpc) is 3.31. The summed E-state index contributed by atoms with van der Waals surface area (Å²) in [7, 11) is 0. The number of benzene rings is 1. The number of hydrogen-bond donors (Lipinski definition) is 2. The summed E-state index contributed by atoms with van der Waals surface area (Å²) in [5, 5.41) is 5.50. The third-order valence-corrected chi connectivity index (χ3v) is 4.75. The monoisotopic (exact) mass is 335 g/mol. The van der Waals surface area contributed by atoms with Crippen molar-refractivity contribution in [1.29, 1.82) is 0 Å². The predicted octanol–water partition coefficient (Wildman–Crippen LogP) is 3.12. The molecule has 1 heterocycles. The minimum atomic E-state index is -0.346. The molecule has 2 amide bonds. The molecule has 1 aliphatic carbocycles. The first-order chi connectivity index (χ1) is 11.5. The number of morpholine rings is 1. The van der Waals surface area contributed by atoms with E-state index in [4.69, 9.17) is 4.74 Å². The molecule has 1 saturated heterocycles. The molecule has 1 unspecified atom stereocenters. The third kappa shape index (κ3) is 3.87. The Morgan fingerprint density at radius 1 is 1.38 bits per heavy atom. The SMILES string of the molecule is CC(C)[N+]1CCO[C@@H](c2ccc(NC(=O)NC3CC3)cc2F)C1C. The molecular weight excluding hydrogens is 309 g/mol. The van der Waals surface area contributed by atoms with Crippen molar-refractivity contribution in [1.82, 2.24) is 10.2 Å². The molecule has 2 N–H and O–H groups in total. The van der Waals surface area contributed by atoms with Gasteiger partial charge in [0.05, 0.1) is 0 Å². The van der Waals surface area contributed by atoms with E-state index in [2.05, 4.69) is 36.3 Å². The first kappa shape index (κ1) is 17.2. The molecular formula is C18H26FN3O2+. The van der Waals surface area contributed by atoms with Crippen LogP contribution in [0.3, 0.4) is 0 Å². The van der Waals surface area contributed by atoms with Crippen molar-refractivity contribution < 1.29 is 13.9 Å². The lowest BCUT2D eigenvalue weighted by molar-refractivity contribution is -0.0412. The van der Waals surface area contributed by atoms with Crippen molar-refractivity contribution in [2.45, 2.75) is 57.8 Å². The van der Waals surface area contributed by atoms with Gasteiger partial charge in [-0.3, -0.25) is 0 Å². The number of amides is 2. The van der Waals surface area contributed by atoms with Crippen LogP contribution in [0, 0.1) is 5.82 Å². The number of halogens is 1. The Kier molecular flexibility index (Phi) is 5.06. The Hall–Kier alpha value is -1.66. The highest BCUT2D eigenvalue weighted by Crippen LogP contribution is 2.31. The Bertz CT molecular complexity index is 604. The van der Waals surface area contributed by atoms with Crippen LogP contribution in [0.4, 0.5) is 14.9 Å². The molecule has 0 spiro atoms. The quantitative estimate of drug-likeness (QED) is 0.831. The van der Waals surface area contributed by atoms with Crippen LogP contribution in [0.15, 0.2) is 18.2 Å². The van der Waals surface area contributed by atoms with Gasteiger partial charge in [0.15, 0.2) is 6.04 Å². The van der Waals surface area contributed by atoms with Crippen LogP contribution < -0.4 is 15.5 Å². The first-order valence-corrected chi connectivity index (χ1v) is 8.70. The van der Waals surface area contributed by atoms with Crippen molar-refractivity contribution in [2.75, 3.05) is 18.5 Å². The van der Waals surface area contributed by atoms with E-state index >= 15 is 0 Å². The molecule has 131 valence electrons. The van der Waals surface area contributed by atoms with Crippen LogP contribution in [-0.2, 0) is 4.74 Å². The molecule has 5 nitrogen and oxygen atoms in total. The van der Waals surface area contributed by atoms with Crippen molar-refractivity contribution in [3.05, 3.63) is 29.6 Å². The normalized spacial score (nSPS) is 24.9. The molecule has 2 atom stereocenters. The van der Waals surface area contributed by atoms with Gasteiger partial charge in [0.2, 0.25) is 0 Å². The maximum absolute atomic E-state index is 14.6. The smallest absolute Gasteiger partial charge is 0.319 e. The lowest BCUT2D eigenvalue weighted by Crippen LogP contribution is -2.53. The van der Waals surface area contributed by atoms with Crippen LogP contribution in [0.2, 0.25) is 0 Å². The zero-order valence-corrected chi connectivity index (χ0v) is 14.5. The van der Waals surface area contributed by atoms with Crippen molar-refractivity contribution >= 4 is 11.7 Å². The maximum atomic E-state index is 14.6. The standard InChI is InChI=1S/C18H26FN3O2/c1-11(2)22-8-9-24-17(12(22)3)15-7-6-14(10-16(15)19)21-18(23)20-13-4-5-13/h6-7,10-13,17H,4-5,8-9H2,1-3H3,(H2,20,21,23)/q+1/t12?,17-/m1/s1. The van der Waals surface area contributed by atoms with Gasteiger partial charge < -0.3 is 15.4 Å². The highest BCUT2D eigenvalue weighted by atomic mass is 19.1. The van der Waals surface area contributed by atoms with E-state index in [0.717, 1.165) is 19.4 Å². The third-order valence-electron chi connectivity index (χ3n) is 4.75. The largest absolute Gasteiger partial charge is 0.361 e. The van der Waals surface area contributed by atoms with Gasteiger partial charge in [-0.25, -0.2) is 9.18 Å². The molecule has 0 bridgehead atoms. The van der Waals surface area contributed by atoms with Gasteiger partial charge in [-0.15, -0.1) is 0 Å². The highest BCUT2D eigenvalue weighted by Gasteiger charge is 2.40. The van der Waals surface area contributed by atoms with E-state index < -0.39 is 0 Å². The lowest BCUT2D eigenvalue weighted by atomic mass is 9.98. The number of urea groups is 1. The molecule has 2 fully saturated rings. The minimum Gasteiger partial charge on any atom is -0.361 e. The summed E-state index contributed by atoms with van der Waals surface area (Å²) in [6, 6.07) is 5.30. The van der Waals surface area contributed by atoms with Gasteiger partial charge >= 0.3 is 6.03 Å². The van der Waals surface area contributed by atoms with Crippen LogP contribution in [0.5, 0.6) is 0 Å². The van der Waals surface area contributed by atoms with Crippen LogP contribution in [0.25, 0.3) is 0 Å². The summed E-state index contributed by atoms with van der Waals surface area (Å²) < 4.78 is 20.4. The molecule has 2 aliphatic rings. The molecule has 6 heteroatoms. The zero-order chi connectivity index (χ0) is 17.3. The van der Waals surface area contributed by atoms with Crippen molar-refractivity contribution in [2.24, 2.45) is 0 Å². The van der Waals surface area contributed by atoms with E-state index in [-0.39, 0.29) is 30.0 Å². The average molecular weight is 335 g/mol. The topological polar surface area (TPSA) is 56.3 Å². The molecule has 1 aromatic carbocycles. The predicted molar refractivity (Wildman–Crippen MR) is 91.9 cm³/mol. The van der Waals surface area contributed by atoms with Crippen molar-refractivity contribution in [3.63, 3.8) is 0 Å². The fourth-order valence-corrected chi connectivity index (χ4v) is 3.30. The molecule has 1 saturated carbocycles. The summed E-state index contributed by atoms with van der Waals surface area (Å²) in [6.45, 7) is 7.80. The fourth-order valence-electron chi connectivity index (χ4n) is 3.30. The second-order valence-corrected chi connectivity index (χ2v) is 6.97. The van der Waals surface area contributed by atoms with Crippen LogP contribution in [-0.4, -0.2) is 37.3 Å². The Labute approximate surface area is 142 Å². The van der Waals surface area contributed by atoms with Crippen LogP contribution in [0.1, 0.15) is 45.3 Å². The number of anilines is 1. The van der Waals surface area contributed by atoms with Gasteiger partial charge in [-0.05, 0) is 45.7 Å². The summed E-state index contributed by atoms with van der Waals surface area (Å²) in [4.78, 5) is 14.1. The number of carbonyl (C=O) groups is 1. The summed E-state index contributed by atoms with van der Waals surface area (Å²) >= 11 is 0. The second-order valence-electron chi connectivity index (χ2n) is 6.97. The number of ether oxygens (including phenoxy) is 1. The van der Waals surface area contributed by atoms with Crippen molar-refractivity contribution in [3.8, 4) is 0 Å². The van der Waals surface area contributed by atoms with E-state index in [0.29, 0.717) is 23.9 Å². The number of nitrogens with one attached hydrogen (secondary N) is 2. The minimum absolute atomic E-state index is 0.102. The van der Waals surface area contributed by atoms with Gasteiger partial charge in [-0.2, -0.15) is 4.90 Å². The van der Waals surface area contributed by atoms with Gasteiger partial charge in [0.1, 0.15) is 31.1 Å². The number of nitrogens with zero attached hydrogens (tertiary/aromatic N) is 1. The Morgan fingerprint density at radius 2 is 2.12 bits per heavy atom. The number of hydrogen-bond acceptors (Lipinski definition) is 3. The summed E-state index contributed by atoms with van der Waals surface area (Å²) in [5.41, 5.74) is 1.000. The lowest BCUT2D eigenvalue weighted by Gasteiger charge is -2.33. The number of rotatable bonds is 4. The molecule has 3 rings (SSSR count). The van der Waals surface area contributed by atoms with Gasteiger partial charge in [0, 0.05) is 17.3 Å². The Balaban J connectivity index is 1.70. The second kappa shape index (κ2) is 7.07. The number of carbonyl (C=O) groups excluding carboxylic acids is 1. The fraction of sp³-hybridized carbons (Fsp3) is 0.611. The Morgan fingerprint density at radius 3 is 2.75 bits per heavy atom. The summed E-state index contributed by atoms with van der Waals surface area (Å²) in [6.07, 6.45) is 1.74. The highest BCUT2D eigenvalue weighted by molar-refractivity contribution is 5.89. The molecule has 24 heavy (non-hydrogen) atoms. The van der Waals surface area contributed by atoms with Gasteiger partial charge in [0.25, 0.3) is 0 Å². The maximum Gasteiger partial charge on any atom is 0.319 e. The van der Waals surface area contributed by atoms with Gasteiger partial charge in [-0.1, -0.05) is 6.07 Å². The molecule has 0 aromatic heterocycles. The van der Waals surface area contributed by atoms with Crippen LogP contribution >= 0.6 is 0 Å². The molecule has 1 radical (unpaired) electrons. The summed E-state index contributed by atoms with van der Waals surface area (Å²) in [5.74, 6) is -0.346.